The number of thioether (sulfide) groups is 1. The summed E-state index contributed by atoms with van der Waals surface area (Å²) in [5.41, 5.74) is 14.0. The zero-order valence-corrected chi connectivity index (χ0v) is 69.3. The fraction of sp³-hybridized carbons (Fsp3) is 0.440. The van der Waals surface area contributed by atoms with Crippen molar-refractivity contribution in [1.29, 1.82) is 0 Å². The molecule has 10 atom stereocenters. The van der Waals surface area contributed by atoms with Crippen molar-refractivity contribution in [2.45, 2.75) is 159 Å². The van der Waals surface area contributed by atoms with E-state index in [9.17, 15) is 63.3 Å². The molecular formula is C84H110N16O18S. The maximum Gasteiger partial charge on any atom is 0.305 e. The van der Waals surface area contributed by atoms with E-state index < -0.39 is 187 Å². The molecule has 640 valence electrons. The lowest BCUT2D eigenvalue weighted by molar-refractivity contribution is -0.151. The fourth-order valence-corrected chi connectivity index (χ4v) is 14.4. The maximum atomic E-state index is 15.4. The molecule has 1 aliphatic heterocycles. The van der Waals surface area contributed by atoms with E-state index in [-0.39, 0.29) is 68.1 Å². The fourth-order valence-electron chi connectivity index (χ4n) is 13.6. The molecule has 0 spiro atoms. The van der Waals surface area contributed by atoms with E-state index in [1.165, 1.54) is 83.8 Å². The molecular weight excluding hydrogens is 1550 g/mol. The third-order valence-electron chi connectivity index (χ3n) is 20.2. The number of nitrogens with one attached hydrogen (secondary N) is 10. The molecule has 35 heteroatoms. The third kappa shape index (κ3) is 28.4. The number of aromatic hydroxyl groups is 2. The molecule has 6 aromatic rings. The van der Waals surface area contributed by atoms with Gasteiger partial charge in [0.1, 0.15) is 71.9 Å². The first kappa shape index (κ1) is 93.8. The van der Waals surface area contributed by atoms with Crippen LogP contribution in [-0.4, -0.2) is 260 Å². The minimum atomic E-state index is -1.89. The van der Waals surface area contributed by atoms with Gasteiger partial charge < -0.3 is 87.8 Å². The number of primary amides is 1. The van der Waals surface area contributed by atoms with Gasteiger partial charge in [-0.1, -0.05) is 151 Å². The quantitative estimate of drug-likeness (QED) is 0.0480. The number of likely N-dealkylation sites (N-methyl/N-ethyl adjacent to an activating group) is 5. The van der Waals surface area contributed by atoms with Gasteiger partial charge in [0.25, 0.3) is 5.91 Å². The molecule has 34 nitrogen and oxygen atoms in total. The minimum absolute atomic E-state index is 0.00628. The second-order valence-electron chi connectivity index (χ2n) is 30.4. The zero-order chi connectivity index (χ0) is 87.3. The van der Waals surface area contributed by atoms with Gasteiger partial charge in [-0.05, 0) is 82.8 Å². The van der Waals surface area contributed by atoms with Crippen molar-refractivity contribution < 1.29 is 87.2 Å². The van der Waals surface area contributed by atoms with E-state index in [0.29, 0.717) is 51.6 Å². The first-order valence-corrected chi connectivity index (χ1v) is 40.4. The number of aromatic nitrogens is 1. The number of para-hydroxylation sites is 1. The topological polar surface area (TPSA) is 483 Å². The van der Waals surface area contributed by atoms with Gasteiger partial charge >= 0.3 is 5.97 Å². The van der Waals surface area contributed by atoms with Crippen LogP contribution in [-0.2, 0) is 104 Å². The number of hydrogen-bond acceptors (Lipinski definition) is 19. The molecule has 0 aliphatic carbocycles. The number of nitrogens with zero attached hydrogens (tertiary/aromatic N) is 5. The number of benzene rings is 5. The summed E-state index contributed by atoms with van der Waals surface area (Å²) in [6.45, 7) is 6.32. The van der Waals surface area contributed by atoms with Crippen molar-refractivity contribution >= 4 is 111 Å². The molecule has 2 heterocycles. The Morgan fingerprint density at radius 1 is 0.513 bits per heavy atom. The highest BCUT2D eigenvalue weighted by Gasteiger charge is 2.42. The van der Waals surface area contributed by atoms with Crippen LogP contribution in [0.15, 0.2) is 140 Å². The Kier molecular flexibility index (Phi) is 35.7. The number of H-pyrrole nitrogens is 1. The first-order valence-electron chi connectivity index (χ1n) is 39.2. The van der Waals surface area contributed by atoms with Gasteiger partial charge in [-0.3, -0.25) is 77.3 Å². The Labute approximate surface area is 695 Å². The number of fused-ring (bicyclic) bond motifs is 1. The van der Waals surface area contributed by atoms with E-state index >= 15 is 24.0 Å². The Hall–Kier alpha value is -12.4. The van der Waals surface area contributed by atoms with Crippen molar-refractivity contribution in [3.8, 4) is 11.5 Å². The van der Waals surface area contributed by atoms with E-state index in [1.54, 1.807) is 119 Å². The number of aromatic amines is 1. The van der Waals surface area contributed by atoms with E-state index in [1.807, 2.05) is 6.92 Å². The molecule has 5 aromatic carbocycles. The van der Waals surface area contributed by atoms with Crippen LogP contribution in [0.1, 0.15) is 94.5 Å². The van der Waals surface area contributed by atoms with Crippen molar-refractivity contribution in [3.63, 3.8) is 0 Å². The second kappa shape index (κ2) is 45.4. The highest BCUT2D eigenvalue weighted by Crippen LogP contribution is 2.24. The molecule has 1 aliphatic rings. The predicted molar refractivity (Wildman–Crippen MR) is 443 cm³/mol. The lowest BCUT2D eigenvalue weighted by atomic mass is 9.98. The lowest BCUT2D eigenvalue weighted by Gasteiger charge is -2.37. The highest BCUT2D eigenvalue weighted by atomic mass is 32.2. The molecule has 0 radical (unpaired) electrons. The number of phenols is 2. The second-order valence-corrected chi connectivity index (χ2v) is 31.5. The summed E-state index contributed by atoms with van der Waals surface area (Å²) in [6.07, 6.45) is 0.560. The van der Waals surface area contributed by atoms with Crippen molar-refractivity contribution in [2.75, 3.05) is 66.4 Å². The molecule has 0 unspecified atom stereocenters. The molecule has 1 saturated heterocycles. The number of carboxylic acid groups (broad SMARTS) is 1. The smallest absolute Gasteiger partial charge is 0.305 e. The molecule has 1 aromatic heterocycles. The number of carbonyl (C=O) groups is 15. The summed E-state index contributed by atoms with van der Waals surface area (Å²) in [5.74, 6) is -16.0. The SMILES string of the molecule is CCCC[C@H]1C(=O)N(C)CC(=O)N[C@@H](CC(=O)O)C(=O)N[C@@H](C(C)C)C(=O)N(C)[C@@H](Cc2ccccc2)C(=O)N[C@@H](Cc2ccc(O)cc2)C(=O)N(C)CC(=O)N[C@@H](Cc2c[nH]c3ccccc23)C(=O)NN[C@@H](CC(C)C)C(=O)N[C@H](C(=O)NCC(N)=O)CSCC(=O)N[C@@H](Cc2ccc(O)cc2)C(=O)N(C)[C@@H](Cc2ccccc2)C(=O)N1C. The Morgan fingerprint density at radius 2 is 1.02 bits per heavy atom. The van der Waals surface area contributed by atoms with Gasteiger partial charge in [0, 0.05) is 90.2 Å². The zero-order valence-electron chi connectivity index (χ0n) is 68.5. The van der Waals surface area contributed by atoms with Crippen LogP contribution >= 0.6 is 11.8 Å². The average molecular weight is 1660 g/mol. The molecule has 1 fully saturated rings. The number of nitrogens with two attached hydrogens (primary N) is 1. The summed E-state index contributed by atoms with van der Waals surface area (Å²) in [4.78, 5) is 226. The number of hydrazine groups is 1. The summed E-state index contributed by atoms with van der Waals surface area (Å²) < 4.78 is 0. The minimum Gasteiger partial charge on any atom is -0.508 e. The number of amides is 14. The Balaban J connectivity index is 1.30. The van der Waals surface area contributed by atoms with Crippen LogP contribution < -0.4 is 53.8 Å². The standard InChI is InChI=1S/C84H110N16O18S/c1-11-12-27-66-82(116)97(7)46-71(105)89-61(42-73(107)108)76(110)93-74(50(4)5)84(118)99(9)67(39-51-21-15-13-16-22-51)79(113)91-63(37-53-28-32-56(101)33-29-53)80(114)96(6)45-70(104)88-60(41-55-43-86-59-26-20-19-25-58(55)59)78(112)95-94-62(36-49(2)3)77(111)92-65(75(109)87-44-69(85)103)47-119-48-72(106)90-64(38-54-30-34-57(102)35-31-54)81(115)100(10)68(83(117)98(66)8)40-52-23-17-14-18-24-52/h13-26,28-35,43,49-50,60-68,74,86,94,101-102H,11-12,27,36-42,44-48H2,1-10H3,(H2,85,103)(H,87,109)(H,88,104)(H,89,105)(H,90,106)(H,91,113)(H,92,111)(H,93,110)(H,95,112)(H,107,108)/t60-,61-,62-,63-,64-,65-,66-,67-,68-,74-/m0/s1. The van der Waals surface area contributed by atoms with Crippen molar-refractivity contribution in [3.05, 3.63) is 167 Å². The van der Waals surface area contributed by atoms with Gasteiger partial charge in [0.2, 0.25) is 76.8 Å². The van der Waals surface area contributed by atoms with Gasteiger partial charge in [-0.2, -0.15) is 0 Å². The monoisotopic (exact) mass is 1660 g/mol. The van der Waals surface area contributed by atoms with Gasteiger partial charge in [-0.15, -0.1) is 11.8 Å². The molecule has 7 rings (SSSR count). The number of phenolic OH excluding ortho intramolecular Hbond substituents is 2. The number of hydrogen-bond donors (Lipinski definition) is 14. The van der Waals surface area contributed by atoms with Gasteiger partial charge in [0.15, 0.2) is 0 Å². The summed E-state index contributed by atoms with van der Waals surface area (Å²) in [6, 6.07) is 20.8. The average Bonchev–Trinajstić information content (AvgIpc) is 1.77. The molecule has 0 saturated carbocycles. The van der Waals surface area contributed by atoms with Crippen LogP contribution in [0, 0.1) is 11.8 Å². The van der Waals surface area contributed by atoms with Crippen LogP contribution in [0.25, 0.3) is 10.9 Å². The highest BCUT2D eigenvalue weighted by molar-refractivity contribution is 8.00. The van der Waals surface area contributed by atoms with Gasteiger partial charge in [0.05, 0.1) is 31.8 Å². The molecule has 119 heavy (non-hydrogen) atoms. The predicted octanol–water partition coefficient (Wildman–Crippen LogP) is 1.10. The summed E-state index contributed by atoms with van der Waals surface area (Å²) >= 11 is 0.836. The van der Waals surface area contributed by atoms with Crippen LogP contribution in [0.3, 0.4) is 0 Å². The van der Waals surface area contributed by atoms with Crippen molar-refractivity contribution in [1.82, 2.24) is 77.6 Å². The van der Waals surface area contributed by atoms with E-state index in [0.717, 1.165) is 36.3 Å². The largest absolute Gasteiger partial charge is 0.508 e. The van der Waals surface area contributed by atoms with Gasteiger partial charge in [-0.25, -0.2) is 5.43 Å². The normalized spacial score (nSPS) is 22.0. The third-order valence-corrected chi connectivity index (χ3v) is 21.2. The Bertz CT molecular complexity index is 4540. The molecule has 14 amide bonds. The number of rotatable bonds is 21. The molecule has 0 bridgehead atoms. The number of carboxylic acids is 1. The van der Waals surface area contributed by atoms with Crippen molar-refractivity contribution in [2.24, 2.45) is 17.6 Å². The summed E-state index contributed by atoms with van der Waals surface area (Å²) in [7, 11) is 6.53. The number of aliphatic carboxylic acids is 1. The maximum absolute atomic E-state index is 15.4. The summed E-state index contributed by atoms with van der Waals surface area (Å²) in [5, 5.41) is 49.8. The van der Waals surface area contributed by atoms with E-state index in [4.69, 9.17) is 5.73 Å². The van der Waals surface area contributed by atoms with E-state index in [2.05, 4.69) is 53.1 Å². The van der Waals surface area contributed by atoms with Crippen LogP contribution in [0.4, 0.5) is 0 Å². The Morgan fingerprint density at radius 3 is 1.57 bits per heavy atom. The lowest BCUT2D eigenvalue weighted by Crippen LogP contribution is -2.61. The van der Waals surface area contributed by atoms with Crippen LogP contribution in [0.5, 0.6) is 11.5 Å². The molecule has 15 N–H and O–H groups in total. The van der Waals surface area contributed by atoms with Crippen LogP contribution in [0.2, 0.25) is 0 Å². The first-order chi connectivity index (χ1) is 56.5. The number of carbonyl (C=O) groups excluding carboxylic acids is 14. The number of unbranched alkanes of at least 4 members (excludes halogenated alkanes) is 1.